The van der Waals surface area contributed by atoms with E-state index in [0.29, 0.717) is 18.3 Å². The van der Waals surface area contributed by atoms with Crippen molar-refractivity contribution in [3.05, 3.63) is 10.1 Å². The van der Waals surface area contributed by atoms with E-state index in [1.807, 2.05) is 0 Å². The molecule has 36 heavy (non-hydrogen) atoms. The van der Waals surface area contributed by atoms with E-state index in [1.165, 1.54) is 0 Å². The van der Waals surface area contributed by atoms with Crippen molar-refractivity contribution < 1.29 is 34.8 Å². The molecule has 0 spiro atoms. The highest BCUT2D eigenvalue weighted by atomic mass is 16.7. The van der Waals surface area contributed by atoms with Gasteiger partial charge in [-0.05, 0) is 87.9 Å². The maximum absolute atomic E-state index is 12.2. The number of fused-ring (bicyclic) bond motifs is 5. The van der Waals surface area contributed by atoms with Gasteiger partial charge in [-0.3, -0.25) is 10.1 Å². The molecule has 9 nitrogen and oxygen atoms in total. The average Bonchev–Trinajstić information content (AvgIpc) is 3.11. The highest BCUT2D eigenvalue weighted by Gasteiger charge is 2.69. The minimum atomic E-state index is -1.30. The molecule has 5 fully saturated rings. The zero-order valence-electron chi connectivity index (χ0n) is 22.1. The Morgan fingerprint density at radius 3 is 2.39 bits per heavy atom. The van der Waals surface area contributed by atoms with Gasteiger partial charge in [-0.2, -0.15) is 0 Å². The molecule has 0 radical (unpaired) electrons. The van der Waals surface area contributed by atoms with Gasteiger partial charge in [-0.15, -0.1) is 0 Å². The van der Waals surface area contributed by atoms with Crippen molar-refractivity contribution in [3.63, 3.8) is 0 Å². The second kappa shape index (κ2) is 9.12. The van der Waals surface area contributed by atoms with E-state index in [0.717, 1.165) is 51.4 Å². The number of aliphatic hydroxyl groups is 4. The van der Waals surface area contributed by atoms with Gasteiger partial charge in [-0.25, -0.2) is 0 Å². The number of nitrogens with zero attached hydrogens (tertiary/aromatic N) is 1. The zero-order chi connectivity index (χ0) is 26.2. The Balaban J connectivity index is 1.29. The van der Waals surface area contributed by atoms with Crippen LogP contribution in [0.5, 0.6) is 0 Å². The van der Waals surface area contributed by atoms with Gasteiger partial charge in [0, 0.05) is 23.2 Å². The van der Waals surface area contributed by atoms with Crippen LogP contribution in [0.3, 0.4) is 0 Å². The molecule has 0 aromatic rings. The van der Waals surface area contributed by atoms with Crippen LogP contribution in [-0.4, -0.2) is 73.8 Å². The van der Waals surface area contributed by atoms with E-state index in [4.69, 9.17) is 9.47 Å². The van der Waals surface area contributed by atoms with Gasteiger partial charge in [0.25, 0.3) is 0 Å². The minimum absolute atomic E-state index is 0.0711. The maximum atomic E-state index is 12.2. The molecule has 5 aliphatic rings. The Kier molecular flexibility index (Phi) is 6.78. The van der Waals surface area contributed by atoms with Gasteiger partial charge in [-0.1, -0.05) is 13.8 Å². The lowest BCUT2D eigenvalue weighted by Crippen LogP contribution is -2.63. The third-order valence-corrected chi connectivity index (χ3v) is 11.9. The summed E-state index contributed by atoms with van der Waals surface area (Å²) >= 11 is 0. The summed E-state index contributed by atoms with van der Waals surface area (Å²) in [6.07, 6.45) is 2.31. The van der Waals surface area contributed by atoms with Crippen molar-refractivity contribution in [2.75, 3.05) is 0 Å². The van der Waals surface area contributed by atoms with Crippen molar-refractivity contribution in [2.45, 2.75) is 134 Å². The van der Waals surface area contributed by atoms with Crippen LogP contribution in [0, 0.1) is 44.6 Å². The fourth-order valence-electron chi connectivity index (χ4n) is 9.59. The van der Waals surface area contributed by atoms with Gasteiger partial charge in [0.05, 0.1) is 17.8 Å². The molecular weight excluding hydrogens is 466 g/mol. The van der Waals surface area contributed by atoms with E-state index in [-0.39, 0.29) is 28.3 Å². The van der Waals surface area contributed by atoms with Crippen molar-refractivity contribution >= 4 is 0 Å². The van der Waals surface area contributed by atoms with Crippen LogP contribution in [0.15, 0.2) is 0 Å². The fourth-order valence-corrected chi connectivity index (χ4v) is 9.59. The first-order chi connectivity index (χ1) is 16.8. The Bertz CT molecular complexity index is 858. The summed E-state index contributed by atoms with van der Waals surface area (Å²) in [6, 6.07) is -0.639. The number of hydrogen-bond donors (Lipinski definition) is 4. The standard InChI is InChI=1S/C27H45NO8/c1-14(28(33)34)18-9-12-27(32)20-6-5-16-13-17(36-24-23(31)22(30)21(29)15(2)35-24)7-10-25(16,3)19(20)8-11-26(18,27)4/h14-24,29-32H,5-13H2,1-4H3/t14-,15+,16-,17+,18-,19+,20-,21+,22-,23-,24+,25+,26-,27+/m1/s1. The monoisotopic (exact) mass is 511 g/mol. The summed E-state index contributed by atoms with van der Waals surface area (Å²) in [7, 11) is 0. The first-order valence-corrected chi connectivity index (χ1v) is 14.0. The maximum Gasteiger partial charge on any atom is 0.213 e. The minimum Gasteiger partial charge on any atom is -0.389 e. The Morgan fingerprint density at radius 1 is 0.972 bits per heavy atom. The van der Waals surface area contributed by atoms with Crippen LogP contribution in [0.2, 0.25) is 0 Å². The zero-order valence-corrected chi connectivity index (χ0v) is 22.1. The summed E-state index contributed by atoms with van der Waals surface area (Å²) in [5, 5.41) is 54.4. The van der Waals surface area contributed by atoms with Crippen molar-refractivity contribution in [1.82, 2.24) is 0 Å². The van der Waals surface area contributed by atoms with Crippen LogP contribution in [-0.2, 0) is 9.47 Å². The van der Waals surface area contributed by atoms with Crippen molar-refractivity contribution in [3.8, 4) is 0 Å². The summed E-state index contributed by atoms with van der Waals surface area (Å²) in [4.78, 5) is 11.5. The first kappa shape index (κ1) is 26.8. The van der Waals surface area contributed by atoms with Gasteiger partial charge in [0.2, 0.25) is 6.04 Å². The summed E-state index contributed by atoms with van der Waals surface area (Å²) < 4.78 is 11.9. The molecule has 0 unspecified atom stereocenters. The number of hydrogen-bond acceptors (Lipinski definition) is 8. The molecule has 4 saturated carbocycles. The fraction of sp³-hybridized carbons (Fsp3) is 1.00. The summed E-state index contributed by atoms with van der Waals surface area (Å²) in [5.41, 5.74) is -1.19. The molecule has 5 rings (SSSR count). The SMILES string of the molecule is C[C@@H]1O[C@@H](O[C@H]2CC[C@@]3(C)[C@H](CC[C@@H]4[C@@H]3CC[C@]3(C)[C@@H]([C@@H](C)[N+](=O)[O-])CC[C@]43O)C2)[C@H](O)[C@H](O)[C@H]1O. The van der Waals surface area contributed by atoms with Crippen LogP contribution in [0.25, 0.3) is 0 Å². The molecule has 4 N–H and O–H groups in total. The van der Waals surface area contributed by atoms with Crippen molar-refractivity contribution in [2.24, 2.45) is 34.5 Å². The molecular formula is C27H45NO8. The van der Waals surface area contributed by atoms with Gasteiger partial charge in [0.1, 0.15) is 18.3 Å². The van der Waals surface area contributed by atoms with E-state index < -0.39 is 47.8 Å². The third kappa shape index (κ3) is 3.79. The van der Waals surface area contributed by atoms with Gasteiger partial charge in [0.15, 0.2) is 6.29 Å². The summed E-state index contributed by atoms with van der Waals surface area (Å²) in [5.74, 6) is 0.883. The largest absolute Gasteiger partial charge is 0.389 e. The quantitative estimate of drug-likeness (QED) is 0.256. The van der Waals surface area contributed by atoms with Crippen LogP contribution in [0.1, 0.15) is 85.5 Å². The lowest BCUT2D eigenvalue weighted by molar-refractivity contribution is -0.532. The molecule has 9 heteroatoms. The van der Waals surface area contributed by atoms with Crippen LogP contribution >= 0.6 is 0 Å². The molecule has 206 valence electrons. The lowest BCUT2D eigenvalue weighted by atomic mass is 9.43. The highest BCUT2D eigenvalue weighted by molar-refractivity contribution is 5.17. The number of aliphatic hydroxyl groups excluding tert-OH is 3. The Morgan fingerprint density at radius 2 is 1.69 bits per heavy atom. The number of ether oxygens (including phenoxy) is 2. The third-order valence-electron chi connectivity index (χ3n) is 11.9. The predicted molar refractivity (Wildman–Crippen MR) is 130 cm³/mol. The molecule has 1 saturated heterocycles. The van der Waals surface area contributed by atoms with Gasteiger partial charge < -0.3 is 29.9 Å². The van der Waals surface area contributed by atoms with E-state index in [1.54, 1.807) is 13.8 Å². The second-order valence-electron chi connectivity index (χ2n) is 13.3. The number of nitro groups is 1. The first-order valence-electron chi connectivity index (χ1n) is 14.0. The predicted octanol–water partition coefficient (Wildman–Crippen LogP) is 2.64. The molecule has 1 heterocycles. The topological polar surface area (TPSA) is 143 Å². The molecule has 4 aliphatic carbocycles. The second-order valence-corrected chi connectivity index (χ2v) is 13.3. The summed E-state index contributed by atoms with van der Waals surface area (Å²) in [6.45, 7) is 7.86. The molecule has 0 aromatic heterocycles. The van der Waals surface area contributed by atoms with E-state index in [2.05, 4.69) is 13.8 Å². The van der Waals surface area contributed by atoms with E-state index in [9.17, 15) is 30.5 Å². The lowest BCUT2D eigenvalue weighted by Gasteiger charge is -2.63. The molecule has 0 amide bonds. The van der Waals surface area contributed by atoms with Gasteiger partial charge >= 0.3 is 0 Å². The average molecular weight is 512 g/mol. The highest BCUT2D eigenvalue weighted by Crippen LogP contribution is 2.69. The van der Waals surface area contributed by atoms with Crippen molar-refractivity contribution in [1.29, 1.82) is 0 Å². The number of rotatable bonds is 4. The Labute approximate surface area is 213 Å². The molecule has 1 aliphatic heterocycles. The molecule has 14 atom stereocenters. The Hall–Kier alpha value is -0.840. The van der Waals surface area contributed by atoms with Crippen LogP contribution in [0.4, 0.5) is 0 Å². The molecule has 0 aromatic carbocycles. The molecule has 0 bridgehead atoms. The van der Waals surface area contributed by atoms with E-state index >= 15 is 0 Å². The van der Waals surface area contributed by atoms with Crippen LogP contribution < -0.4 is 0 Å². The smallest absolute Gasteiger partial charge is 0.213 e. The normalized spacial score (nSPS) is 55.8.